The van der Waals surface area contributed by atoms with E-state index in [-0.39, 0.29) is 4.90 Å². The second-order valence-corrected chi connectivity index (χ2v) is 9.76. The molecule has 0 saturated heterocycles. The summed E-state index contributed by atoms with van der Waals surface area (Å²) in [5.41, 5.74) is 5.79. The van der Waals surface area contributed by atoms with Crippen LogP contribution in [-0.2, 0) is 10.0 Å². The zero-order chi connectivity index (χ0) is 24.3. The van der Waals surface area contributed by atoms with E-state index in [4.69, 9.17) is 0 Å². The molecular weight excluding hydrogens is 458 g/mol. The van der Waals surface area contributed by atoms with Gasteiger partial charge >= 0.3 is 0 Å². The number of nitrogens with one attached hydrogen (secondary N) is 3. The lowest BCUT2D eigenvalue weighted by atomic mass is 10.1. The van der Waals surface area contributed by atoms with Gasteiger partial charge in [0.1, 0.15) is 0 Å². The summed E-state index contributed by atoms with van der Waals surface area (Å²) in [5.74, 6) is 0. The number of pyridine rings is 2. The van der Waals surface area contributed by atoms with Crippen molar-refractivity contribution >= 4 is 49.4 Å². The van der Waals surface area contributed by atoms with Crippen LogP contribution in [0.2, 0.25) is 0 Å². The van der Waals surface area contributed by atoms with E-state index in [2.05, 4.69) is 31.4 Å². The van der Waals surface area contributed by atoms with Gasteiger partial charge in [-0.15, -0.1) is 0 Å². The third kappa shape index (κ3) is 5.23. The first-order chi connectivity index (χ1) is 17.0. The van der Waals surface area contributed by atoms with Crippen molar-refractivity contribution in [1.29, 1.82) is 0 Å². The van der Waals surface area contributed by atoms with Gasteiger partial charge in [-0.2, -0.15) is 0 Å². The Hall–Kier alpha value is -4.43. The first kappa shape index (κ1) is 22.4. The van der Waals surface area contributed by atoms with Gasteiger partial charge in [-0.1, -0.05) is 17.7 Å². The Morgan fingerprint density at radius 3 is 2.23 bits per heavy atom. The van der Waals surface area contributed by atoms with Crippen LogP contribution in [0.1, 0.15) is 5.56 Å². The molecule has 3 N–H and O–H groups in total. The van der Waals surface area contributed by atoms with Crippen LogP contribution in [-0.4, -0.2) is 18.4 Å². The summed E-state index contributed by atoms with van der Waals surface area (Å²) in [6, 6.07) is 25.5. The topological polar surface area (TPSA) is 96.0 Å². The minimum atomic E-state index is -3.76. The number of sulfonamides is 1. The van der Waals surface area contributed by atoms with Crippen LogP contribution in [0.25, 0.3) is 10.9 Å². The van der Waals surface area contributed by atoms with Crippen molar-refractivity contribution in [3.8, 4) is 0 Å². The zero-order valence-corrected chi connectivity index (χ0v) is 19.8. The summed E-state index contributed by atoms with van der Waals surface area (Å²) in [7, 11) is -3.76. The van der Waals surface area contributed by atoms with Crippen LogP contribution >= 0.6 is 0 Å². The average molecular weight is 482 g/mol. The molecule has 0 saturated carbocycles. The maximum absolute atomic E-state index is 13.0. The molecule has 7 nitrogen and oxygen atoms in total. The van der Waals surface area contributed by atoms with Gasteiger partial charge in [-0.05, 0) is 79.7 Å². The van der Waals surface area contributed by atoms with E-state index in [1.165, 1.54) is 0 Å². The van der Waals surface area contributed by atoms with Gasteiger partial charge < -0.3 is 10.6 Å². The van der Waals surface area contributed by atoms with Gasteiger partial charge in [0, 0.05) is 52.4 Å². The second-order valence-electron chi connectivity index (χ2n) is 8.08. The van der Waals surface area contributed by atoms with Crippen molar-refractivity contribution < 1.29 is 8.42 Å². The lowest BCUT2D eigenvalue weighted by Crippen LogP contribution is -2.13. The maximum atomic E-state index is 13.0. The quantitative estimate of drug-likeness (QED) is 0.255. The predicted molar refractivity (Wildman–Crippen MR) is 141 cm³/mol. The lowest BCUT2D eigenvalue weighted by molar-refractivity contribution is 0.601. The van der Waals surface area contributed by atoms with E-state index >= 15 is 0 Å². The number of fused-ring (bicyclic) bond motifs is 1. The number of aryl methyl sites for hydroxylation is 1. The van der Waals surface area contributed by atoms with Gasteiger partial charge in [-0.3, -0.25) is 14.7 Å². The first-order valence-electron chi connectivity index (χ1n) is 11.0. The Balaban J connectivity index is 1.31. The highest BCUT2D eigenvalue weighted by Gasteiger charge is 2.15. The summed E-state index contributed by atoms with van der Waals surface area (Å²) >= 11 is 0. The Morgan fingerprint density at radius 1 is 0.686 bits per heavy atom. The molecule has 2 aromatic heterocycles. The monoisotopic (exact) mass is 481 g/mol. The van der Waals surface area contributed by atoms with Crippen molar-refractivity contribution in [2.24, 2.45) is 0 Å². The van der Waals surface area contributed by atoms with E-state index in [0.29, 0.717) is 11.4 Å². The fraction of sp³-hybridized carbons (Fsp3) is 0.0370. The standard InChI is InChI=1S/C27H23N5O2S/c1-19-5-10-26-25(17-19)27(13-16-29-26)31-20-6-8-22(9-7-20)32-35(33,34)24-4-2-3-23(18-24)30-21-11-14-28-15-12-21/h2-18,32H,1H3,(H,28,30)(H,29,31). The van der Waals surface area contributed by atoms with Crippen LogP contribution in [0.5, 0.6) is 0 Å². The third-order valence-corrected chi connectivity index (χ3v) is 6.81. The molecule has 0 aliphatic rings. The smallest absolute Gasteiger partial charge is 0.261 e. The first-order valence-corrected chi connectivity index (χ1v) is 12.5. The van der Waals surface area contributed by atoms with E-state index in [9.17, 15) is 8.42 Å². The highest BCUT2D eigenvalue weighted by molar-refractivity contribution is 7.92. The summed E-state index contributed by atoms with van der Waals surface area (Å²) in [6.07, 6.45) is 5.10. The molecule has 174 valence electrons. The van der Waals surface area contributed by atoms with Crippen LogP contribution in [0.3, 0.4) is 0 Å². The van der Waals surface area contributed by atoms with E-state index in [0.717, 1.165) is 33.5 Å². The molecular formula is C27H23N5O2S. The number of hydrogen-bond acceptors (Lipinski definition) is 6. The van der Waals surface area contributed by atoms with Crippen molar-refractivity contribution in [2.75, 3.05) is 15.4 Å². The molecule has 0 radical (unpaired) electrons. The number of rotatable bonds is 7. The number of hydrogen-bond donors (Lipinski definition) is 3. The van der Waals surface area contributed by atoms with E-state index in [1.54, 1.807) is 48.9 Å². The summed E-state index contributed by atoms with van der Waals surface area (Å²) in [5, 5.41) is 7.60. The van der Waals surface area contributed by atoms with Crippen molar-refractivity contribution in [1.82, 2.24) is 9.97 Å². The molecule has 5 aromatic rings. The van der Waals surface area contributed by atoms with Gasteiger partial charge in [-0.25, -0.2) is 8.42 Å². The molecule has 0 fully saturated rings. The predicted octanol–water partition coefficient (Wildman–Crippen LogP) is 6.23. The molecule has 5 rings (SSSR count). The molecule has 35 heavy (non-hydrogen) atoms. The van der Waals surface area contributed by atoms with Crippen molar-refractivity contribution in [3.05, 3.63) is 109 Å². The SMILES string of the molecule is Cc1ccc2nccc(Nc3ccc(NS(=O)(=O)c4cccc(Nc5ccncc5)c4)cc3)c2c1. The lowest BCUT2D eigenvalue weighted by Gasteiger charge is -2.13. The second kappa shape index (κ2) is 9.44. The van der Waals surface area contributed by atoms with Crippen LogP contribution in [0.15, 0.2) is 108 Å². The van der Waals surface area contributed by atoms with Crippen molar-refractivity contribution in [2.45, 2.75) is 11.8 Å². The maximum Gasteiger partial charge on any atom is 0.261 e. The molecule has 0 bridgehead atoms. The molecule has 0 aliphatic carbocycles. The summed E-state index contributed by atoms with van der Waals surface area (Å²) < 4.78 is 28.6. The zero-order valence-electron chi connectivity index (χ0n) is 18.9. The molecule has 3 aromatic carbocycles. The van der Waals surface area contributed by atoms with E-state index in [1.807, 2.05) is 55.5 Å². The number of nitrogens with zero attached hydrogens (tertiary/aromatic N) is 2. The highest BCUT2D eigenvalue weighted by atomic mass is 32.2. The van der Waals surface area contributed by atoms with Crippen LogP contribution in [0, 0.1) is 6.92 Å². The third-order valence-electron chi connectivity index (χ3n) is 5.43. The van der Waals surface area contributed by atoms with Gasteiger partial charge in [0.2, 0.25) is 0 Å². The largest absolute Gasteiger partial charge is 0.355 e. The molecule has 2 heterocycles. The average Bonchev–Trinajstić information content (AvgIpc) is 2.86. The minimum absolute atomic E-state index is 0.164. The van der Waals surface area contributed by atoms with Crippen LogP contribution in [0.4, 0.5) is 28.4 Å². The van der Waals surface area contributed by atoms with Crippen molar-refractivity contribution in [3.63, 3.8) is 0 Å². The van der Waals surface area contributed by atoms with E-state index < -0.39 is 10.0 Å². The Labute approximate surface area is 203 Å². The number of benzene rings is 3. The summed E-state index contributed by atoms with van der Waals surface area (Å²) in [4.78, 5) is 8.56. The number of aromatic nitrogens is 2. The molecule has 8 heteroatoms. The Bertz CT molecular complexity index is 1590. The fourth-order valence-corrected chi connectivity index (χ4v) is 4.81. The normalized spacial score (nSPS) is 11.2. The number of anilines is 5. The van der Waals surface area contributed by atoms with Gasteiger partial charge in [0.25, 0.3) is 10.0 Å². The fourth-order valence-electron chi connectivity index (χ4n) is 3.70. The molecule has 0 amide bonds. The Morgan fingerprint density at radius 2 is 1.43 bits per heavy atom. The van der Waals surface area contributed by atoms with Crippen LogP contribution < -0.4 is 15.4 Å². The van der Waals surface area contributed by atoms with Gasteiger partial charge in [0.15, 0.2) is 0 Å². The molecule has 0 spiro atoms. The minimum Gasteiger partial charge on any atom is -0.355 e. The Kier molecular flexibility index (Phi) is 6.03. The molecule has 0 unspecified atom stereocenters. The summed E-state index contributed by atoms with van der Waals surface area (Å²) in [6.45, 7) is 2.04. The van der Waals surface area contributed by atoms with Gasteiger partial charge in [0.05, 0.1) is 10.4 Å². The molecule has 0 aliphatic heterocycles. The molecule has 0 atom stereocenters. The highest BCUT2D eigenvalue weighted by Crippen LogP contribution is 2.27.